The van der Waals surface area contributed by atoms with Gasteiger partial charge < -0.3 is 20.1 Å². The maximum absolute atomic E-state index is 5.37. The first-order valence-electron chi connectivity index (χ1n) is 7.61. The topological polar surface area (TPSA) is 54.9 Å². The highest BCUT2D eigenvalue weighted by molar-refractivity contribution is 14.0. The zero-order valence-corrected chi connectivity index (χ0v) is 19.2. The van der Waals surface area contributed by atoms with E-state index in [2.05, 4.69) is 55.3 Å². The van der Waals surface area contributed by atoms with Gasteiger partial charge in [0.1, 0.15) is 0 Å². The Labute approximate surface area is 178 Å². The molecule has 2 aromatic rings. The summed E-state index contributed by atoms with van der Waals surface area (Å²) in [6.07, 6.45) is 0. The van der Waals surface area contributed by atoms with Gasteiger partial charge in [0.15, 0.2) is 17.5 Å². The van der Waals surface area contributed by atoms with Gasteiger partial charge in [0, 0.05) is 13.1 Å². The van der Waals surface area contributed by atoms with Gasteiger partial charge in [0.2, 0.25) is 0 Å². The third-order valence-electron chi connectivity index (χ3n) is 3.30. The zero-order valence-electron chi connectivity index (χ0n) is 14.5. The fraction of sp³-hybridized carbons (Fsp3) is 0.353. The number of methoxy groups -OCH3 is 2. The van der Waals surface area contributed by atoms with E-state index in [1.807, 2.05) is 12.1 Å². The third kappa shape index (κ3) is 6.67. The Balaban J connectivity index is 0.00000312. The minimum atomic E-state index is 0. The number of nitrogens with zero attached hydrogens (tertiary/aromatic N) is 1. The quantitative estimate of drug-likeness (QED) is 0.311. The normalized spacial score (nSPS) is 10.8. The van der Waals surface area contributed by atoms with Crippen LogP contribution >= 0.6 is 51.2 Å². The molecular weight excluding hydrogens is 517 g/mol. The highest BCUT2D eigenvalue weighted by atomic mass is 127. The molecule has 1 aromatic carbocycles. The molecule has 138 valence electrons. The molecule has 0 spiro atoms. The maximum atomic E-state index is 5.37. The van der Waals surface area contributed by atoms with Gasteiger partial charge in [-0.15, -0.1) is 24.0 Å². The number of thiophene rings is 1. The minimum absolute atomic E-state index is 0. The van der Waals surface area contributed by atoms with Crippen LogP contribution in [-0.2, 0) is 13.1 Å². The highest BCUT2D eigenvalue weighted by Gasteiger charge is 2.10. The largest absolute Gasteiger partial charge is 0.493 e. The molecule has 0 fully saturated rings. The van der Waals surface area contributed by atoms with E-state index in [1.165, 1.54) is 5.56 Å². The predicted octanol–water partition coefficient (Wildman–Crippen LogP) is 4.40. The van der Waals surface area contributed by atoms with Crippen LogP contribution in [0, 0.1) is 0 Å². The molecule has 0 atom stereocenters. The summed E-state index contributed by atoms with van der Waals surface area (Å²) in [5, 5.41) is 10.8. The maximum Gasteiger partial charge on any atom is 0.191 e. The second-order valence-corrected chi connectivity index (χ2v) is 6.63. The van der Waals surface area contributed by atoms with Crippen LogP contribution in [0.2, 0.25) is 0 Å². The van der Waals surface area contributed by atoms with Crippen LogP contribution in [-0.4, -0.2) is 26.7 Å². The van der Waals surface area contributed by atoms with Crippen molar-refractivity contribution in [2.24, 2.45) is 4.99 Å². The van der Waals surface area contributed by atoms with Crippen molar-refractivity contribution in [2.75, 3.05) is 20.8 Å². The van der Waals surface area contributed by atoms with Crippen LogP contribution in [0.25, 0.3) is 0 Å². The lowest BCUT2D eigenvalue weighted by molar-refractivity contribution is 0.352. The standard InChI is InChI=1S/C17H22BrN3O2S.HI/c1-4-19-17(20-9-12-5-6-24-11-12)21-10-13-7-14(18)16(23-3)15(8-13)22-2;/h5-8,11H,4,9-10H2,1-3H3,(H2,19,20,21);1H. The molecule has 0 amide bonds. The Morgan fingerprint density at radius 2 is 2.00 bits per heavy atom. The number of guanidine groups is 1. The number of hydrogen-bond donors (Lipinski definition) is 2. The Morgan fingerprint density at radius 3 is 2.60 bits per heavy atom. The van der Waals surface area contributed by atoms with Crippen molar-refractivity contribution in [3.8, 4) is 11.5 Å². The lowest BCUT2D eigenvalue weighted by Crippen LogP contribution is -2.36. The van der Waals surface area contributed by atoms with E-state index in [1.54, 1.807) is 25.6 Å². The fourth-order valence-corrected chi connectivity index (χ4v) is 3.47. The summed E-state index contributed by atoms with van der Waals surface area (Å²) < 4.78 is 11.6. The summed E-state index contributed by atoms with van der Waals surface area (Å²) in [6, 6.07) is 6.04. The van der Waals surface area contributed by atoms with Crippen LogP contribution in [0.5, 0.6) is 11.5 Å². The Morgan fingerprint density at radius 1 is 1.20 bits per heavy atom. The van der Waals surface area contributed by atoms with Crippen molar-refractivity contribution in [3.05, 3.63) is 44.6 Å². The summed E-state index contributed by atoms with van der Waals surface area (Å²) in [5.74, 6) is 2.16. The average Bonchev–Trinajstić information content (AvgIpc) is 3.10. The Hall–Kier alpha value is -1.00. The van der Waals surface area contributed by atoms with Crippen molar-refractivity contribution in [3.63, 3.8) is 0 Å². The van der Waals surface area contributed by atoms with E-state index < -0.39 is 0 Å². The molecule has 5 nitrogen and oxygen atoms in total. The van der Waals surface area contributed by atoms with E-state index in [0.29, 0.717) is 18.0 Å². The minimum Gasteiger partial charge on any atom is -0.493 e. The number of halogens is 2. The molecule has 0 aliphatic rings. The summed E-state index contributed by atoms with van der Waals surface area (Å²) in [6.45, 7) is 4.16. The molecular formula is C17H23BrIN3O2S. The number of rotatable bonds is 7. The summed E-state index contributed by atoms with van der Waals surface area (Å²) in [5.41, 5.74) is 2.28. The van der Waals surface area contributed by atoms with Crippen molar-refractivity contribution in [2.45, 2.75) is 20.0 Å². The van der Waals surface area contributed by atoms with E-state index in [9.17, 15) is 0 Å². The average molecular weight is 540 g/mol. The van der Waals surface area contributed by atoms with Gasteiger partial charge in [-0.3, -0.25) is 0 Å². The van der Waals surface area contributed by atoms with Crippen LogP contribution in [0.4, 0.5) is 0 Å². The Bertz CT molecular complexity index is 681. The lowest BCUT2D eigenvalue weighted by atomic mass is 10.2. The molecule has 0 saturated heterocycles. The first kappa shape index (κ1) is 22.0. The van der Waals surface area contributed by atoms with Crippen molar-refractivity contribution >= 4 is 57.2 Å². The molecule has 2 N–H and O–H groups in total. The van der Waals surface area contributed by atoms with Crippen LogP contribution in [0.15, 0.2) is 38.4 Å². The van der Waals surface area contributed by atoms with Crippen molar-refractivity contribution in [1.82, 2.24) is 10.6 Å². The van der Waals surface area contributed by atoms with Gasteiger partial charge >= 0.3 is 0 Å². The van der Waals surface area contributed by atoms with Crippen LogP contribution in [0.1, 0.15) is 18.1 Å². The number of benzene rings is 1. The van der Waals surface area contributed by atoms with E-state index in [0.717, 1.165) is 29.1 Å². The van der Waals surface area contributed by atoms with Gasteiger partial charge in [0.05, 0.1) is 25.2 Å². The van der Waals surface area contributed by atoms with Gasteiger partial charge in [0.25, 0.3) is 0 Å². The smallest absolute Gasteiger partial charge is 0.191 e. The van der Waals surface area contributed by atoms with Crippen LogP contribution < -0.4 is 20.1 Å². The summed E-state index contributed by atoms with van der Waals surface area (Å²) >= 11 is 5.20. The summed E-state index contributed by atoms with van der Waals surface area (Å²) in [7, 11) is 3.25. The second kappa shape index (κ2) is 11.6. The van der Waals surface area contributed by atoms with Crippen molar-refractivity contribution < 1.29 is 9.47 Å². The number of aliphatic imine (C=N–C) groups is 1. The number of nitrogens with one attached hydrogen (secondary N) is 2. The molecule has 2 rings (SSSR count). The van der Waals surface area contributed by atoms with E-state index in [-0.39, 0.29) is 24.0 Å². The molecule has 0 radical (unpaired) electrons. The lowest BCUT2D eigenvalue weighted by Gasteiger charge is -2.13. The molecule has 1 heterocycles. The Kier molecular flexibility index (Phi) is 10.2. The predicted molar refractivity (Wildman–Crippen MR) is 119 cm³/mol. The fourth-order valence-electron chi connectivity index (χ4n) is 2.15. The number of ether oxygens (including phenoxy) is 2. The highest BCUT2D eigenvalue weighted by Crippen LogP contribution is 2.36. The summed E-state index contributed by atoms with van der Waals surface area (Å²) in [4.78, 5) is 4.64. The zero-order chi connectivity index (χ0) is 17.4. The molecule has 0 aliphatic carbocycles. The van der Waals surface area contributed by atoms with Crippen LogP contribution in [0.3, 0.4) is 0 Å². The molecule has 0 saturated carbocycles. The van der Waals surface area contributed by atoms with Gasteiger partial charge in [-0.1, -0.05) is 0 Å². The molecule has 25 heavy (non-hydrogen) atoms. The van der Waals surface area contributed by atoms with E-state index >= 15 is 0 Å². The monoisotopic (exact) mass is 539 g/mol. The van der Waals surface area contributed by atoms with E-state index in [4.69, 9.17) is 9.47 Å². The SMILES string of the molecule is CCNC(=NCc1cc(Br)c(OC)c(OC)c1)NCc1ccsc1.I. The second-order valence-electron chi connectivity index (χ2n) is 4.99. The van der Waals surface area contributed by atoms with Crippen molar-refractivity contribution in [1.29, 1.82) is 0 Å². The van der Waals surface area contributed by atoms with Gasteiger partial charge in [-0.25, -0.2) is 4.99 Å². The first-order valence-corrected chi connectivity index (χ1v) is 9.35. The molecule has 0 bridgehead atoms. The molecule has 0 aliphatic heterocycles. The van der Waals surface area contributed by atoms with Gasteiger partial charge in [-0.05, 0) is 62.9 Å². The molecule has 8 heteroatoms. The molecule has 0 unspecified atom stereocenters. The third-order valence-corrected chi connectivity index (χ3v) is 4.62. The number of hydrogen-bond acceptors (Lipinski definition) is 4. The molecule has 1 aromatic heterocycles. The van der Waals surface area contributed by atoms with Gasteiger partial charge in [-0.2, -0.15) is 11.3 Å². The first-order chi connectivity index (χ1) is 11.7.